The summed E-state index contributed by atoms with van der Waals surface area (Å²) in [6, 6.07) is 0.269. The molecule has 0 aliphatic heterocycles. The van der Waals surface area contributed by atoms with Crippen molar-refractivity contribution >= 4 is 0 Å². The van der Waals surface area contributed by atoms with E-state index in [1.54, 1.807) is 0 Å². The van der Waals surface area contributed by atoms with Gasteiger partial charge < -0.3 is 4.74 Å². The van der Waals surface area contributed by atoms with Crippen LogP contribution in [-0.2, 0) is 12.4 Å². The van der Waals surface area contributed by atoms with Crippen LogP contribution in [0.25, 0.3) is 0 Å². The van der Waals surface area contributed by atoms with E-state index in [1.165, 1.54) is 6.92 Å². The predicted molar refractivity (Wildman–Crippen MR) is 45.4 cm³/mol. The zero-order valence-corrected chi connectivity index (χ0v) is 8.49. The van der Waals surface area contributed by atoms with Gasteiger partial charge in [0, 0.05) is 6.20 Å². The van der Waals surface area contributed by atoms with E-state index in [-0.39, 0.29) is 12.7 Å². The lowest BCUT2D eigenvalue weighted by Gasteiger charge is -2.17. The predicted octanol–water partition coefficient (Wildman–Crippen LogP) is 3.52. The molecule has 96 valence electrons. The lowest BCUT2D eigenvalue weighted by Crippen LogP contribution is -2.19. The standard InChI is InChI=1S/C9H7F6NO/c1-2-17-7-6(9(13,14)15)5(3-4-16-7)8(10,11)12/h3-4H,2H2,1H3. The molecule has 0 unspecified atom stereocenters. The summed E-state index contributed by atoms with van der Waals surface area (Å²) in [5.74, 6) is -1.06. The number of hydrogen-bond acceptors (Lipinski definition) is 2. The summed E-state index contributed by atoms with van der Waals surface area (Å²) in [7, 11) is 0. The lowest BCUT2D eigenvalue weighted by atomic mass is 10.1. The Morgan fingerprint density at radius 1 is 1.12 bits per heavy atom. The Morgan fingerprint density at radius 3 is 2.12 bits per heavy atom. The van der Waals surface area contributed by atoms with Crippen molar-refractivity contribution in [3.63, 3.8) is 0 Å². The minimum Gasteiger partial charge on any atom is -0.478 e. The molecular weight excluding hydrogens is 252 g/mol. The van der Waals surface area contributed by atoms with Crippen LogP contribution in [0.5, 0.6) is 5.88 Å². The molecule has 1 aromatic heterocycles. The van der Waals surface area contributed by atoms with Crippen LogP contribution in [0.15, 0.2) is 12.3 Å². The SMILES string of the molecule is CCOc1nccc(C(F)(F)F)c1C(F)(F)F. The molecule has 0 amide bonds. The van der Waals surface area contributed by atoms with Crippen molar-refractivity contribution in [3.05, 3.63) is 23.4 Å². The van der Waals surface area contributed by atoms with E-state index in [4.69, 9.17) is 0 Å². The van der Waals surface area contributed by atoms with Crippen LogP contribution >= 0.6 is 0 Å². The first kappa shape index (κ1) is 13.6. The van der Waals surface area contributed by atoms with Crippen molar-refractivity contribution < 1.29 is 31.1 Å². The third kappa shape index (κ3) is 3.01. The summed E-state index contributed by atoms with van der Waals surface area (Å²) >= 11 is 0. The first-order chi connectivity index (χ1) is 7.68. The van der Waals surface area contributed by atoms with E-state index in [9.17, 15) is 26.3 Å². The molecule has 1 rings (SSSR count). The number of ether oxygens (including phenoxy) is 1. The quantitative estimate of drug-likeness (QED) is 0.758. The van der Waals surface area contributed by atoms with Crippen molar-refractivity contribution in [1.29, 1.82) is 0 Å². The molecule has 0 bridgehead atoms. The fourth-order valence-electron chi connectivity index (χ4n) is 1.20. The average Bonchev–Trinajstić information content (AvgIpc) is 2.14. The van der Waals surface area contributed by atoms with Crippen molar-refractivity contribution in [1.82, 2.24) is 4.98 Å². The highest BCUT2D eigenvalue weighted by Gasteiger charge is 2.46. The number of hydrogen-bond donors (Lipinski definition) is 0. The van der Waals surface area contributed by atoms with Crippen LogP contribution in [0.3, 0.4) is 0 Å². The van der Waals surface area contributed by atoms with Gasteiger partial charge in [0.15, 0.2) is 0 Å². The Labute approximate surface area is 92.2 Å². The molecular formula is C9H7F6NO. The van der Waals surface area contributed by atoms with Gasteiger partial charge in [-0.25, -0.2) is 4.98 Å². The Morgan fingerprint density at radius 2 is 1.71 bits per heavy atom. The molecule has 0 saturated carbocycles. The zero-order valence-electron chi connectivity index (χ0n) is 8.49. The first-order valence-electron chi connectivity index (χ1n) is 4.44. The molecule has 1 heterocycles. The molecule has 0 spiro atoms. The van der Waals surface area contributed by atoms with E-state index in [2.05, 4.69) is 9.72 Å². The maximum atomic E-state index is 12.5. The fraction of sp³-hybridized carbons (Fsp3) is 0.444. The van der Waals surface area contributed by atoms with Crippen LogP contribution in [0.2, 0.25) is 0 Å². The van der Waals surface area contributed by atoms with Crippen LogP contribution in [0.1, 0.15) is 18.1 Å². The van der Waals surface area contributed by atoms with Gasteiger partial charge in [-0.2, -0.15) is 26.3 Å². The normalized spacial score (nSPS) is 12.6. The maximum absolute atomic E-state index is 12.5. The largest absolute Gasteiger partial charge is 0.478 e. The molecule has 0 N–H and O–H groups in total. The minimum absolute atomic E-state index is 0.211. The Balaban J connectivity index is 3.46. The summed E-state index contributed by atoms with van der Waals surface area (Å²) < 4.78 is 79.3. The van der Waals surface area contributed by atoms with Gasteiger partial charge in [-0.05, 0) is 13.0 Å². The molecule has 0 aliphatic carbocycles. The number of alkyl halides is 6. The van der Waals surface area contributed by atoms with Crippen LogP contribution in [0, 0.1) is 0 Å². The second-order valence-corrected chi connectivity index (χ2v) is 2.97. The number of nitrogens with zero attached hydrogens (tertiary/aromatic N) is 1. The second-order valence-electron chi connectivity index (χ2n) is 2.97. The zero-order chi connectivity index (χ0) is 13.3. The first-order valence-corrected chi connectivity index (χ1v) is 4.44. The van der Waals surface area contributed by atoms with Gasteiger partial charge in [-0.1, -0.05) is 0 Å². The lowest BCUT2D eigenvalue weighted by molar-refractivity contribution is -0.163. The van der Waals surface area contributed by atoms with Gasteiger partial charge in [-0.15, -0.1) is 0 Å². The fourth-order valence-corrected chi connectivity index (χ4v) is 1.20. The van der Waals surface area contributed by atoms with Crippen LogP contribution in [-0.4, -0.2) is 11.6 Å². The van der Waals surface area contributed by atoms with E-state index in [1.807, 2.05) is 0 Å². The van der Waals surface area contributed by atoms with Gasteiger partial charge in [0.25, 0.3) is 0 Å². The molecule has 0 aliphatic rings. The summed E-state index contributed by atoms with van der Waals surface area (Å²) in [4.78, 5) is 3.17. The highest BCUT2D eigenvalue weighted by Crippen LogP contribution is 2.43. The Kier molecular flexibility index (Phi) is 3.53. The second kappa shape index (κ2) is 4.42. The van der Waals surface area contributed by atoms with Gasteiger partial charge in [0.05, 0.1) is 12.2 Å². The summed E-state index contributed by atoms with van der Waals surface area (Å²) in [5, 5.41) is 0. The minimum atomic E-state index is -5.18. The van der Waals surface area contributed by atoms with Gasteiger partial charge in [0.2, 0.25) is 5.88 Å². The molecule has 0 aromatic carbocycles. The Bertz CT molecular complexity index is 397. The van der Waals surface area contributed by atoms with E-state index in [0.717, 1.165) is 0 Å². The molecule has 0 atom stereocenters. The van der Waals surface area contributed by atoms with Crippen LogP contribution < -0.4 is 4.74 Å². The molecule has 17 heavy (non-hydrogen) atoms. The molecule has 0 fully saturated rings. The molecule has 2 nitrogen and oxygen atoms in total. The molecule has 8 heteroatoms. The van der Waals surface area contributed by atoms with E-state index < -0.39 is 29.4 Å². The average molecular weight is 259 g/mol. The number of halogens is 6. The molecule has 1 aromatic rings. The van der Waals surface area contributed by atoms with Crippen LogP contribution in [0.4, 0.5) is 26.3 Å². The summed E-state index contributed by atoms with van der Waals surface area (Å²) in [6.07, 6.45) is -9.66. The highest BCUT2D eigenvalue weighted by molar-refractivity contribution is 5.38. The number of pyridine rings is 1. The summed E-state index contributed by atoms with van der Waals surface area (Å²) in [5.41, 5.74) is -3.70. The number of rotatable bonds is 2. The summed E-state index contributed by atoms with van der Waals surface area (Å²) in [6.45, 7) is 1.14. The van der Waals surface area contributed by atoms with Crippen molar-refractivity contribution in [2.45, 2.75) is 19.3 Å². The molecule has 0 radical (unpaired) electrons. The van der Waals surface area contributed by atoms with Crippen molar-refractivity contribution in [2.75, 3.05) is 6.61 Å². The monoisotopic (exact) mass is 259 g/mol. The maximum Gasteiger partial charge on any atom is 0.422 e. The third-order valence-electron chi connectivity index (χ3n) is 1.79. The van der Waals surface area contributed by atoms with E-state index >= 15 is 0 Å². The topological polar surface area (TPSA) is 22.1 Å². The number of aromatic nitrogens is 1. The highest BCUT2D eigenvalue weighted by atomic mass is 19.4. The molecule has 0 saturated heterocycles. The third-order valence-corrected chi connectivity index (χ3v) is 1.79. The van der Waals surface area contributed by atoms with Crippen molar-refractivity contribution in [3.8, 4) is 5.88 Å². The smallest absolute Gasteiger partial charge is 0.422 e. The van der Waals surface area contributed by atoms with Gasteiger partial charge in [-0.3, -0.25) is 0 Å². The van der Waals surface area contributed by atoms with Crippen molar-refractivity contribution in [2.24, 2.45) is 0 Å². The van der Waals surface area contributed by atoms with E-state index in [0.29, 0.717) is 6.20 Å². The van der Waals surface area contributed by atoms with Gasteiger partial charge in [0.1, 0.15) is 5.56 Å². The Hall–Kier alpha value is -1.47. The van der Waals surface area contributed by atoms with Gasteiger partial charge >= 0.3 is 12.4 Å².